The Morgan fingerprint density at radius 1 is 1.33 bits per heavy atom. The molecule has 0 radical (unpaired) electrons. The molecule has 2 aromatic rings. The van der Waals surface area contributed by atoms with Gasteiger partial charge in [0.05, 0.1) is 12.6 Å². The van der Waals surface area contributed by atoms with E-state index in [1.165, 1.54) is 12.8 Å². The van der Waals surface area contributed by atoms with Crippen molar-refractivity contribution in [2.24, 2.45) is 0 Å². The summed E-state index contributed by atoms with van der Waals surface area (Å²) in [5, 5.41) is 4.09. The first-order valence-electron chi connectivity index (χ1n) is 8.46. The minimum atomic E-state index is -0.0277. The molecule has 1 saturated heterocycles. The lowest BCUT2D eigenvalue weighted by Gasteiger charge is -2.28. The number of hydrogen-bond donors (Lipinski definition) is 0. The SMILES string of the molecule is CN(Cc1cc(-c2ccncc2)no1)C(=O)[C@@H]1CCCCCN1C. The highest BCUT2D eigenvalue weighted by atomic mass is 16.5. The second kappa shape index (κ2) is 7.57. The normalized spacial score (nSPS) is 19.0. The van der Waals surface area contributed by atoms with Crippen LogP contribution in [0.3, 0.4) is 0 Å². The summed E-state index contributed by atoms with van der Waals surface area (Å²) in [6.07, 6.45) is 7.86. The molecule has 0 unspecified atom stereocenters. The third kappa shape index (κ3) is 3.82. The molecule has 1 fully saturated rings. The van der Waals surface area contributed by atoms with Crippen molar-refractivity contribution in [1.29, 1.82) is 0 Å². The molecule has 1 aliphatic rings. The molecule has 0 bridgehead atoms. The van der Waals surface area contributed by atoms with Crippen molar-refractivity contribution in [3.63, 3.8) is 0 Å². The van der Waals surface area contributed by atoms with Gasteiger partial charge in [-0.3, -0.25) is 14.7 Å². The summed E-state index contributed by atoms with van der Waals surface area (Å²) < 4.78 is 5.40. The molecule has 0 aromatic carbocycles. The van der Waals surface area contributed by atoms with Gasteiger partial charge in [0.25, 0.3) is 0 Å². The first-order valence-corrected chi connectivity index (χ1v) is 8.46. The van der Waals surface area contributed by atoms with Crippen LogP contribution in [-0.2, 0) is 11.3 Å². The van der Waals surface area contributed by atoms with Gasteiger partial charge in [0.15, 0.2) is 5.76 Å². The molecule has 1 aliphatic heterocycles. The number of hydrogen-bond acceptors (Lipinski definition) is 5. The number of rotatable bonds is 4. The molecule has 0 aliphatic carbocycles. The molecule has 24 heavy (non-hydrogen) atoms. The van der Waals surface area contributed by atoms with Crippen LogP contribution in [0.5, 0.6) is 0 Å². The van der Waals surface area contributed by atoms with Crippen LogP contribution in [0.2, 0.25) is 0 Å². The molecule has 128 valence electrons. The van der Waals surface area contributed by atoms with Gasteiger partial charge < -0.3 is 9.42 Å². The van der Waals surface area contributed by atoms with Crippen molar-refractivity contribution in [3.8, 4) is 11.3 Å². The summed E-state index contributed by atoms with van der Waals surface area (Å²) in [5.41, 5.74) is 1.72. The fourth-order valence-corrected chi connectivity index (χ4v) is 3.18. The average molecular weight is 328 g/mol. The molecule has 6 nitrogen and oxygen atoms in total. The standard InChI is InChI=1S/C18H24N4O2/c1-21-11-5-3-4-6-17(21)18(23)22(2)13-15-12-16(20-24-15)14-7-9-19-10-8-14/h7-10,12,17H,3-6,11,13H2,1-2H3/t17-/m0/s1. The van der Waals surface area contributed by atoms with E-state index in [4.69, 9.17) is 4.52 Å². The van der Waals surface area contributed by atoms with Gasteiger partial charge in [0.2, 0.25) is 5.91 Å². The number of nitrogens with zero attached hydrogens (tertiary/aromatic N) is 4. The maximum Gasteiger partial charge on any atom is 0.240 e. The second-order valence-electron chi connectivity index (χ2n) is 6.45. The number of likely N-dealkylation sites (N-methyl/N-ethyl adjacent to an activating group) is 2. The highest BCUT2D eigenvalue weighted by Gasteiger charge is 2.27. The Morgan fingerprint density at radius 3 is 2.92 bits per heavy atom. The van der Waals surface area contributed by atoms with Crippen LogP contribution < -0.4 is 0 Å². The van der Waals surface area contributed by atoms with Gasteiger partial charge >= 0.3 is 0 Å². The van der Waals surface area contributed by atoms with Crippen molar-refractivity contribution in [1.82, 2.24) is 19.9 Å². The van der Waals surface area contributed by atoms with E-state index >= 15 is 0 Å². The van der Waals surface area contributed by atoms with Gasteiger partial charge in [0.1, 0.15) is 5.69 Å². The van der Waals surface area contributed by atoms with Gasteiger partial charge in [-0.1, -0.05) is 18.0 Å². The zero-order chi connectivity index (χ0) is 16.9. The van der Waals surface area contributed by atoms with Crippen LogP contribution >= 0.6 is 0 Å². The monoisotopic (exact) mass is 328 g/mol. The predicted octanol–water partition coefficient (Wildman–Crippen LogP) is 2.57. The van der Waals surface area contributed by atoms with E-state index in [0.29, 0.717) is 12.3 Å². The van der Waals surface area contributed by atoms with Crippen LogP contribution in [0.1, 0.15) is 31.4 Å². The third-order valence-electron chi connectivity index (χ3n) is 4.61. The molecule has 1 amide bonds. The second-order valence-corrected chi connectivity index (χ2v) is 6.45. The van der Waals surface area contributed by atoms with Crippen molar-refractivity contribution < 1.29 is 9.32 Å². The molecule has 0 saturated carbocycles. The first-order chi connectivity index (χ1) is 11.6. The maximum atomic E-state index is 12.8. The zero-order valence-corrected chi connectivity index (χ0v) is 14.3. The first kappa shape index (κ1) is 16.6. The summed E-state index contributed by atoms with van der Waals surface area (Å²) in [6, 6.07) is 5.63. The van der Waals surface area contributed by atoms with Crippen LogP contribution in [0.25, 0.3) is 11.3 Å². The Labute approximate surface area is 142 Å². The van der Waals surface area contributed by atoms with Crippen molar-refractivity contribution in [3.05, 3.63) is 36.4 Å². The minimum Gasteiger partial charge on any atom is -0.359 e. The number of aromatic nitrogens is 2. The third-order valence-corrected chi connectivity index (χ3v) is 4.61. The fraction of sp³-hybridized carbons (Fsp3) is 0.500. The highest BCUT2D eigenvalue weighted by Crippen LogP contribution is 2.20. The number of carbonyl (C=O) groups excluding carboxylic acids is 1. The smallest absolute Gasteiger partial charge is 0.240 e. The van der Waals surface area contributed by atoms with Crippen molar-refractivity contribution in [2.75, 3.05) is 20.6 Å². The van der Waals surface area contributed by atoms with Crippen LogP contribution in [-0.4, -0.2) is 52.5 Å². The summed E-state index contributed by atoms with van der Waals surface area (Å²) in [4.78, 5) is 20.7. The van der Waals surface area contributed by atoms with Crippen LogP contribution in [0.4, 0.5) is 0 Å². The Morgan fingerprint density at radius 2 is 2.12 bits per heavy atom. The number of amides is 1. The Hall–Kier alpha value is -2.21. The van der Waals surface area contributed by atoms with E-state index in [1.54, 1.807) is 17.3 Å². The number of carbonyl (C=O) groups is 1. The molecule has 1 atom stereocenters. The van der Waals surface area contributed by atoms with E-state index in [2.05, 4.69) is 15.0 Å². The highest BCUT2D eigenvalue weighted by molar-refractivity contribution is 5.81. The summed E-state index contributed by atoms with van der Waals surface area (Å²) in [7, 11) is 3.87. The zero-order valence-electron chi connectivity index (χ0n) is 14.3. The van der Waals surface area contributed by atoms with E-state index in [0.717, 1.165) is 30.6 Å². The molecule has 2 aromatic heterocycles. The largest absolute Gasteiger partial charge is 0.359 e. The number of likely N-dealkylation sites (tertiary alicyclic amines) is 1. The van der Waals surface area contributed by atoms with E-state index < -0.39 is 0 Å². The van der Waals surface area contributed by atoms with Gasteiger partial charge in [-0.15, -0.1) is 0 Å². The van der Waals surface area contributed by atoms with Crippen molar-refractivity contribution >= 4 is 5.91 Å². The van der Waals surface area contributed by atoms with Crippen LogP contribution in [0.15, 0.2) is 35.1 Å². The number of pyridine rings is 1. The van der Waals surface area contributed by atoms with Gasteiger partial charge in [-0.05, 0) is 38.6 Å². The molecule has 0 N–H and O–H groups in total. The van der Waals surface area contributed by atoms with Gasteiger partial charge in [-0.2, -0.15) is 0 Å². The molecular formula is C18H24N4O2. The lowest BCUT2D eigenvalue weighted by Crippen LogP contribution is -2.45. The van der Waals surface area contributed by atoms with E-state index in [-0.39, 0.29) is 11.9 Å². The maximum absolute atomic E-state index is 12.8. The topological polar surface area (TPSA) is 62.5 Å². The Kier molecular flexibility index (Phi) is 5.25. The summed E-state index contributed by atoms with van der Waals surface area (Å²) >= 11 is 0. The van der Waals surface area contributed by atoms with E-state index in [9.17, 15) is 4.79 Å². The van der Waals surface area contributed by atoms with Gasteiger partial charge in [-0.25, -0.2) is 0 Å². The molecule has 3 rings (SSSR count). The molecular weight excluding hydrogens is 304 g/mol. The van der Waals surface area contributed by atoms with Crippen LogP contribution in [0, 0.1) is 0 Å². The van der Waals surface area contributed by atoms with Gasteiger partial charge in [0, 0.05) is 31.1 Å². The predicted molar refractivity (Wildman–Crippen MR) is 91.1 cm³/mol. The summed E-state index contributed by atoms with van der Waals surface area (Å²) in [6.45, 7) is 1.42. The minimum absolute atomic E-state index is 0.0277. The average Bonchev–Trinajstić information content (AvgIpc) is 2.96. The lowest BCUT2D eigenvalue weighted by atomic mass is 10.1. The lowest BCUT2D eigenvalue weighted by molar-refractivity contribution is -0.136. The molecule has 0 spiro atoms. The Balaban J connectivity index is 1.65. The molecule has 6 heteroatoms. The fourth-order valence-electron chi connectivity index (χ4n) is 3.18. The van der Waals surface area contributed by atoms with E-state index in [1.807, 2.05) is 32.3 Å². The van der Waals surface area contributed by atoms with Crippen molar-refractivity contribution in [2.45, 2.75) is 38.3 Å². The quantitative estimate of drug-likeness (QED) is 0.863. The summed E-state index contributed by atoms with van der Waals surface area (Å²) in [5.74, 6) is 0.843. The Bertz CT molecular complexity index is 671. The molecule has 3 heterocycles.